The Kier molecular flexibility index (Phi) is 3.24. The normalized spacial score (nSPS) is 22.3. The summed E-state index contributed by atoms with van der Waals surface area (Å²) in [5.74, 6) is -0.294. The number of nitrogens with zero attached hydrogens (tertiary/aromatic N) is 1. The van der Waals surface area contributed by atoms with E-state index in [4.69, 9.17) is 0 Å². The average Bonchev–Trinajstić information content (AvgIpc) is 3.25. The molecule has 0 spiro atoms. The minimum Gasteiger partial charge on any atom is -0.504 e. The van der Waals surface area contributed by atoms with Gasteiger partial charge in [-0.05, 0) is 30.9 Å². The van der Waals surface area contributed by atoms with Gasteiger partial charge in [0.05, 0.1) is 0 Å². The van der Waals surface area contributed by atoms with Gasteiger partial charge in [-0.3, -0.25) is 4.90 Å². The zero-order valence-electron chi connectivity index (χ0n) is 10.8. The van der Waals surface area contributed by atoms with E-state index in [1.165, 1.54) is 6.07 Å². The van der Waals surface area contributed by atoms with E-state index in [9.17, 15) is 15.3 Å². The van der Waals surface area contributed by atoms with Gasteiger partial charge in [0.15, 0.2) is 11.5 Å². The first kappa shape index (κ1) is 12.6. The Balaban J connectivity index is 1.93. The molecule has 0 aromatic heterocycles. The minimum absolute atomic E-state index is 0.147. The fourth-order valence-corrected chi connectivity index (χ4v) is 2.94. The molecule has 0 amide bonds. The highest BCUT2D eigenvalue weighted by Gasteiger charge is 2.38. The highest BCUT2D eigenvalue weighted by atomic mass is 16.3. The summed E-state index contributed by atoms with van der Waals surface area (Å²) in [6, 6.07) is 3.34. The van der Waals surface area contributed by atoms with Gasteiger partial charge < -0.3 is 20.6 Å². The van der Waals surface area contributed by atoms with Crippen LogP contribution in [0.5, 0.6) is 17.2 Å². The van der Waals surface area contributed by atoms with Crippen molar-refractivity contribution in [3.8, 4) is 17.2 Å². The van der Waals surface area contributed by atoms with Gasteiger partial charge in [-0.1, -0.05) is 0 Å². The first-order chi connectivity index (χ1) is 9.18. The molecule has 19 heavy (non-hydrogen) atoms. The zero-order chi connectivity index (χ0) is 13.4. The third-order valence-corrected chi connectivity index (χ3v) is 4.09. The molecular formula is C14H20N2O3. The maximum absolute atomic E-state index is 10.1. The number of rotatable bonds is 3. The van der Waals surface area contributed by atoms with Crippen LogP contribution < -0.4 is 5.32 Å². The molecule has 2 aliphatic rings. The van der Waals surface area contributed by atoms with Crippen LogP contribution in [0.4, 0.5) is 0 Å². The first-order valence-electron chi connectivity index (χ1n) is 6.87. The molecule has 5 heteroatoms. The summed E-state index contributed by atoms with van der Waals surface area (Å²) in [5.41, 5.74) is 0.736. The number of piperazine rings is 1. The molecule has 5 nitrogen and oxygen atoms in total. The Bertz CT molecular complexity index is 468. The van der Waals surface area contributed by atoms with Crippen molar-refractivity contribution in [3.63, 3.8) is 0 Å². The van der Waals surface area contributed by atoms with Gasteiger partial charge in [-0.2, -0.15) is 0 Å². The van der Waals surface area contributed by atoms with Crippen LogP contribution in [0.2, 0.25) is 0 Å². The summed E-state index contributed by atoms with van der Waals surface area (Å²) in [6.07, 6.45) is 2.32. The zero-order valence-corrected chi connectivity index (χ0v) is 10.8. The third kappa shape index (κ3) is 2.35. The maximum atomic E-state index is 10.1. The van der Waals surface area contributed by atoms with E-state index in [1.54, 1.807) is 6.07 Å². The molecule has 104 valence electrons. The van der Waals surface area contributed by atoms with Gasteiger partial charge in [0.25, 0.3) is 0 Å². The second-order valence-electron chi connectivity index (χ2n) is 5.44. The van der Waals surface area contributed by atoms with Crippen LogP contribution in [0, 0.1) is 5.92 Å². The van der Waals surface area contributed by atoms with Crippen molar-refractivity contribution in [1.82, 2.24) is 10.2 Å². The summed E-state index contributed by atoms with van der Waals surface area (Å²) in [5, 5.41) is 32.6. The van der Waals surface area contributed by atoms with E-state index in [0.717, 1.165) is 44.6 Å². The van der Waals surface area contributed by atoms with Gasteiger partial charge in [0, 0.05) is 37.8 Å². The predicted molar refractivity (Wildman–Crippen MR) is 71.3 cm³/mol. The van der Waals surface area contributed by atoms with E-state index in [1.807, 2.05) is 0 Å². The molecular weight excluding hydrogens is 244 g/mol. The van der Waals surface area contributed by atoms with Crippen LogP contribution >= 0.6 is 0 Å². The summed E-state index contributed by atoms with van der Waals surface area (Å²) in [7, 11) is 0. The van der Waals surface area contributed by atoms with Crippen molar-refractivity contribution in [2.24, 2.45) is 5.92 Å². The van der Waals surface area contributed by atoms with Gasteiger partial charge in [-0.25, -0.2) is 0 Å². The molecule has 1 saturated carbocycles. The number of aromatic hydroxyl groups is 3. The Morgan fingerprint density at radius 2 is 1.74 bits per heavy atom. The van der Waals surface area contributed by atoms with Crippen molar-refractivity contribution in [3.05, 3.63) is 17.7 Å². The molecule has 1 atom stereocenters. The van der Waals surface area contributed by atoms with Gasteiger partial charge in [0.2, 0.25) is 5.75 Å². The van der Waals surface area contributed by atoms with E-state index < -0.39 is 5.75 Å². The van der Waals surface area contributed by atoms with Crippen molar-refractivity contribution >= 4 is 0 Å². The maximum Gasteiger partial charge on any atom is 0.200 e. The molecule has 2 fully saturated rings. The number of phenolic OH excluding ortho intramolecular Hbond substituents is 3. The molecule has 0 radical (unpaired) electrons. The number of phenols is 3. The Morgan fingerprint density at radius 3 is 2.37 bits per heavy atom. The van der Waals surface area contributed by atoms with E-state index in [-0.39, 0.29) is 17.5 Å². The second-order valence-corrected chi connectivity index (χ2v) is 5.44. The first-order valence-corrected chi connectivity index (χ1v) is 6.87. The molecule has 1 aromatic rings. The van der Waals surface area contributed by atoms with Gasteiger partial charge in [-0.15, -0.1) is 0 Å². The fourth-order valence-electron chi connectivity index (χ4n) is 2.94. The smallest absolute Gasteiger partial charge is 0.200 e. The predicted octanol–water partition coefficient (Wildman–Crippen LogP) is 1.16. The van der Waals surface area contributed by atoms with Crippen LogP contribution in [-0.2, 0) is 0 Å². The largest absolute Gasteiger partial charge is 0.504 e. The summed E-state index contributed by atoms with van der Waals surface area (Å²) >= 11 is 0. The lowest BCUT2D eigenvalue weighted by atomic mass is 9.98. The third-order valence-electron chi connectivity index (χ3n) is 4.09. The monoisotopic (exact) mass is 264 g/mol. The molecule has 3 rings (SSSR count). The minimum atomic E-state index is -0.404. The van der Waals surface area contributed by atoms with Crippen molar-refractivity contribution in [2.75, 3.05) is 26.2 Å². The van der Waals surface area contributed by atoms with Crippen molar-refractivity contribution < 1.29 is 15.3 Å². The number of hydrogen-bond acceptors (Lipinski definition) is 5. The van der Waals surface area contributed by atoms with Crippen LogP contribution in [0.25, 0.3) is 0 Å². The summed E-state index contributed by atoms with van der Waals surface area (Å²) in [6.45, 7) is 3.80. The van der Waals surface area contributed by atoms with Gasteiger partial charge in [0.1, 0.15) is 0 Å². The Labute approximate surface area is 112 Å². The van der Waals surface area contributed by atoms with Gasteiger partial charge >= 0.3 is 0 Å². The molecule has 1 aromatic carbocycles. The van der Waals surface area contributed by atoms with Crippen LogP contribution in [-0.4, -0.2) is 46.4 Å². The number of hydrogen-bond donors (Lipinski definition) is 4. The SMILES string of the molecule is Oc1ccc([C@@H](C2CC2)N2CCNCC2)c(O)c1O. The molecule has 0 bridgehead atoms. The second kappa shape index (κ2) is 4.90. The molecule has 1 heterocycles. The Morgan fingerprint density at radius 1 is 1.05 bits per heavy atom. The standard InChI is InChI=1S/C14H20N2O3/c17-11-4-3-10(13(18)14(11)19)12(9-1-2-9)16-7-5-15-6-8-16/h3-4,9,12,15,17-19H,1-2,5-8H2/t12-/m1/s1. The van der Waals surface area contributed by atoms with Crippen LogP contribution in [0.15, 0.2) is 12.1 Å². The summed E-state index contributed by atoms with van der Waals surface area (Å²) in [4.78, 5) is 2.36. The molecule has 1 aliphatic carbocycles. The van der Waals surface area contributed by atoms with Crippen LogP contribution in [0.3, 0.4) is 0 Å². The number of nitrogens with one attached hydrogen (secondary N) is 1. The van der Waals surface area contributed by atoms with E-state index in [2.05, 4.69) is 10.2 Å². The lowest BCUT2D eigenvalue weighted by Gasteiger charge is -2.35. The molecule has 0 unspecified atom stereocenters. The topological polar surface area (TPSA) is 76.0 Å². The molecule has 4 N–H and O–H groups in total. The van der Waals surface area contributed by atoms with Crippen molar-refractivity contribution in [1.29, 1.82) is 0 Å². The lowest BCUT2D eigenvalue weighted by Crippen LogP contribution is -2.45. The Hall–Kier alpha value is -1.46. The molecule has 1 saturated heterocycles. The van der Waals surface area contributed by atoms with E-state index >= 15 is 0 Å². The highest BCUT2D eigenvalue weighted by Crippen LogP contribution is 2.50. The quantitative estimate of drug-likeness (QED) is 0.616. The highest BCUT2D eigenvalue weighted by molar-refractivity contribution is 5.54. The average molecular weight is 264 g/mol. The molecule has 1 aliphatic heterocycles. The fraction of sp³-hybridized carbons (Fsp3) is 0.571. The van der Waals surface area contributed by atoms with Crippen molar-refractivity contribution in [2.45, 2.75) is 18.9 Å². The lowest BCUT2D eigenvalue weighted by molar-refractivity contribution is 0.153. The summed E-state index contributed by atoms with van der Waals surface area (Å²) < 4.78 is 0. The van der Waals surface area contributed by atoms with Crippen LogP contribution in [0.1, 0.15) is 24.4 Å². The van der Waals surface area contributed by atoms with E-state index in [0.29, 0.717) is 5.92 Å². The number of benzene rings is 1.